The molecule has 4 nitrogen and oxygen atoms in total. The first kappa shape index (κ1) is 17.9. The van der Waals surface area contributed by atoms with Crippen molar-refractivity contribution in [3.8, 4) is 0 Å². The molecule has 0 spiro atoms. The maximum atomic E-state index is 10.7. The number of hydrogen-bond donors (Lipinski definition) is 1. The Morgan fingerprint density at radius 3 is 2.50 bits per heavy atom. The number of aliphatic hydroxyl groups excluding tert-OH is 1. The van der Waals surface area contributed by atoms with Crippen molar-refractivity contribution in [2.45, 2.75) is 32.8 Å². The van der Waals surface area contributed by atoms with Gasteiger partial charge in [-0.15, -0.1) is 0 Å². The number of benzene rings is 1. The van der Waals surface area contributed by atoms with Gasteiger partial charge in [-0.05, 0) is 44.7 Å². The lowest BCUT2D eigenvalue weighted by Crippen LogP contribution is -2.45. The molecule has 1 aromatic rings. The van der Waals surface area contributed by atoms with Crippen LogP contribution in [0.25, 0.3) is 0 Å². The summed E-state index contributed by atoms with van der Waals surface area (Å²) in [4.78, 5) is 4.99. The van der Waals surface area contributed by atoms with E-state index in [1.165, 1.54) is 30.5 Å². The topological polar surface area (TPSA) is 35.9 Å². The summed E-state index contributed by atoms with van der Waals surface area (Å²) in [5.41, 5.74) is 3.52. The zero-order valence-electron chi connectivity index (χ0n) is 15.2. The van der Waals surface area contributed by atoms with Gasteiger partial charge in [-0.3, -0.25) is 4.90 Å². The van der Waals surface area contributed by atoms with E-state index in [-0.39, 0.29) is 6.10 Å². The molecule has 3 rings (SSSR count). The number of rotatable bonds is 5. The first-order chi connectivity index (χ1) is 11.6. The molecule has 0 aromatic heterocycles. The fourth-order valence-electron chi connectivity index (χ4n) is 4.17. The maximum absolute atomic E-state index is 10.7. The third kappa shape index (κ3) is 5.03. The lowest BCUT2D eigenvalue weighted by Gasteiger charge is -2.37. The van der Waals surface area contributed by atoms with Gasteiger partial charge in [-0.1, -0.05) is 29.3 Å². The van der Waals surface area contributed by atoms with Gasteiger partial charge in [-0.25, -0.2) is 0 Å². The molecule has 1 aromatic carbocycles. The minimum Gasteiger partial charge on any atom is -0.387 e. The average molecular weight is 332 g/mol. The largest absolute Gasteiger partial charge is 0.387 e. The molecule has 0 aliphatic carbocycles. The second-order valence-electron chi connectivity index (χ2n) is 7.62. The summed E-state index contributed by atoms with van der Waals surface area (Å²) in [5.74, 6) is 0.725. The zero-order valence-corrected chi connectivity index (χ0v) is 15.2. The summed E-state index contributed by atoms with van der Waals surface area (Å²) in [7, 11) is 0. The molecule has 0 bridgehead atoms. The van der Waals surface area contributed by atoms with Crippen LogP contribution in [0.3, 0.4) is 0 Å². The van der Waals surface area contributed by atoms with Gasteiger partial charge in [0.25, 0.3) is 0 Å². The molecule has 2 heterocycles. The number of aryl methyl sites for hydroxylation is 2. The smallest absolute Gasteiger partial charge is 0.0917 e. The van der Waals surface area contributed by atoms with E-state index in [1.807, 2.05) is 0 Å². The number of aliphatic hydroxyl groups is 1. The van der Waals surface area contributed by atoms with Crippen LogP contribution < -0.4 is 0 Å². The lowest BCUT2D eigenvalue weighted by atomic mass is 9.96. The highest BCUT2D eigenvalue weighted by Gasteiger charge is 2.24. The predicted octanol–water partition coefficient (Wildman–Crippen LogP) is 2.38. The Hall–Kier alpha value is -0.940. The molecule has 134 valence electrons. The van der Waals surface area contributed by atoms with Crippen LogP contribution in [-0.4, -0.2) is 67.4 Å². The molecule has 2 atom stereocenters. The molecule has 0 radical (unpaired) electrons. The molecule has 2 saturated heterocycles. The van der Waals surface area contributed by atoms with Crippen LogP contribution in [0, 0.1) is 19.8 Å². The van der Waals surface area contributed by atoms with E-state index in [9.17, 15) is 5.11 Å². The fraction of sp³-hybridized carbons (Fsp3) is 0.700. The Bertz CT molecular complexity index is 508. The summed E-state index contributed by atoms with van der Waals surface area (Å²) in [6, 6.07) is 6.40. The van der Waals surface area contributed by atoms with Crippen molar-refractivity contribution in [2.24, 2.45) is 5.92 Å². The van der Waals surface area contributed by atoms with Crippen LogP contribution in [0.5, 0.6) is 0 Å². The molecule has 4 heteroatoms. The van der Waals surface area contributed by atoms with E-state index in [2.05, 4.69) is 41.8 Å². The van der Waals surface area contributed by atoms with E-state index in [0.29, 0.717) is 0 Å². The van der Waals surface area contributed by atoms with Gasteiger partial charge in [0.2, 0.25) is 0 Å². The lowest BCUT2D eigenvalue weighted by molar-refractivity contribution is 0.0187. The van der Waals surface area contributed by atoms with Crippen molar-refractivity contribution in [3.63, 3.8) is 0 Å². The molecular weight excluding hydrogens is 300 g/mol. The van der Waals surface area contributed by atoms with E-state index in [0.717, 1.165) is 57.4 Å². The number of β-amino-alcohol motifs (C(OH)–C–C–N with tert-alkyl or cyclic N) is 1. The summed E-state index contributed by atoms with van der Waals surface area (Å²) < 4.78 is 5.45. The highest BCUT2D eigenvalue weighted by atomic mass is 16.5. The van der Waals surface area contributed by atoms with Crippen molar-refractivity contribution in [3.05, 3.63) is 34.9 Å². The molecule has 2 fully saturated rings. The van der Waals surface area contributed by atoms with E-state index < -0.39 is 0 Å². The molecule has 2 aliphatic rings. The van der Waals surface area contributed by atoms with Crippen LogP contribution in [0.4, 0.5) is 0 Å². The summed E-state index contributed by atoms with van der Waals surface area (Å²) in [6.45, 7) is 12.3. The van der Waals surface area contributed by atoms with Crippen molar-refractivity contribution in [2.75, 3.05) is 52.5 Å². The third-order valence-electron chi connectivity index (χ3n) is 5.28. The Balaban J connectivity index is 1.52. The minimum absolute atomic E-state index is 0.384. The van der Waals surface area contributed by atoms with Crippen LogP contribution in [0.15, 0.2) is 18.2 Å². The number of ether oxygens (including phenoxy) is 1. The Kier molecular flexibility index (Phi) is 6.28. The van der Waals surface area contributed by atoms with Gasteiger partial charge in [0, 0.05) is 32.7 Å². The van der Waals surface area contributed by atoms with Crippen molar-refractivity contribution < 1.29 is 9.84 Å². The standard InChI is InChI=1S/C20H32N2O2/c1-16-10-17(2)12-19(11-16)20(23)15-22-5-3-4-18(14-22)13-21-6-8-24-9-7-21/h10-12,18,20,23H,3-9,13-15H2,1-2H3. The number of likely N-dealkylation sites (tertiary alicyclic amines) is 1. The summed E-state index contributed by atoms with van der Waals surface area (Å²) in [5, 5.41) is 10.7. The van der Waals surface area contributed by atoms with Gasteiger partial charge < -0.3 is 14.7 Å². The van der Waals surface area contributed by atoms with Crippen LogP contribution in [0.1, 0.15) is 35.6 Å². The normalized spacial score (nSPS) is 24.9. The van der Waals surface area contributed by atoms with E-state index >= 15 is 0 Å². The quantitative estimate of drug-likeness (QED) is 0.898. The monoisotopic (exact) mass is 332 g/mol. The van der Waals surface area contributed by atoms with Crippen LogP contribution >= 0.6 is 0 Å². The number of piperidine rings is 1. The maximum Gasteiger partial charge on any atom is 0.0917 e. The number of nitrogens with zero attached hydrogens (tertiary/aromatic N) is 2. The van der Waals surface area contributed by atoms with Crippen molar-refractivity contribution >= 4 is 0 Å². The van der Waals surface area contributed by atoms with E-state index in [1.54, 1.807) is 0 Å². The number of morpholine rings is 1. The van der Waals surface area contributed by atoms with Gasteiger partial charge in [-0.2, -0.15) is 0 Å². The van der Waals surface area contributed by atoms with Gasteiger partial charge in [0.15, 0.2) is 0 Å². The third-order valence-corrected chi connectivity index (χ3v) is 5.28. The summed E-state index contributed by atoms with van der Waals surface area (Å²) in [6.07, 6.45) is 2.17. The predicted molar refractivity (Wildman–Crippen MR) is 97.3 cm³/mol. The van der Waals surface area contributed by atoms with Crippen LogP contribution in [0.2, 0.25) is 0 Å². The summed E-state index contributed by atoms with van der Waals surface area (Å²) >= 11 is 0. The van der Waals surface area contributed by atoms with Crippen LogP contribution in [-0.2, 0) is 4.74 Å². The Morgan fingerprint density at radius 2 is 1.79 bits per heavy atom. The second-order valence-corrected chi connectivity index (χ2v) is 7.62. The molecule has 2 aliphatic heterocycles. The molecule has 1 N–H and O–H groups in total. The van der Waals surface area contributed by atoms with Crippen molar-refractivity contribution in [1.29, 1.82) is 0 Å². The Morgan fingerprint density at radius 1 is 1.08 bits per heavy atom. The number of hydrogen-bond acceptors (Lipinski definition) is 4. The molecule has 2 unspecified atom stereocenters. The van der Waals surface area contributed by atoms with Gasteiger partial charge in [0.05, 0.1) is 19.3 Å². The highest BCUT2D eigenvalue weighted by molar-refractivity contribution is 5.30. The van der Waals surface area contributed by atoms with Gasteiger partial charge in [0.1, 0.15) is 0 Å². The average Bonchev–Trinajstić information content (AvgIpc) is 2.55. The first-order valence-corrected chi connectivity index (χ1v) is 9.39. The highest BCUT2D eigenvalue weighted by Crippen LogP contribution is 2.23. The minimum atomic E-state index is -0.384. The molecular formula is C20H32N2O2. The zero-order chi connectivity index (χ0) is 16.9. The molecule has 0 saturated carbocycles. The second kappa shape index (κ2) is 8.43. The Labute approximate surface area is 146 Å². The fourth-order valence-corrected chi connectivity index (χ4v) is 4.17. The van der Waals surface area contributed by atoms with Gasteiger partial charge >= 0.3 is 0 Å². The molecule has 24 heavy (non-hydrogen) atoms. The first-order valence-electron chi connectivity index (χ1n) is 9.39. The van der Waals surface area contributed by atoms with Crippen molar-refractivity contribution in [1.82, 2.24) is 9.80 Å². The molecule has 0 amide bonds. The SMILES string of the molecule is Cc1cc(C)cc(C(O)CN2CCCC(CN3CCOCC3)C2)c1. The van der Waals surface area contributed by atoms with E-state index in [4.69, 9.17) is 4.74 Å².